The first kappa shape index (κ1) is 18.9. The Kier molecular flexibility index (Phi) is 8.41. The van der Waals surface area contributed by atoms with E-state index in [-0.39, 0.29) is 5.54 Å². The molecule has 20 heavy (non-hydrogen) atoms. The van der Waals surface area contributed by atoms with Crippen LogP contribution in [0.25, 0.3) is 0 Å². The average molecular weight is 288 g/mol. The van der Waals surface area contributed by atoms with E-state index in [0.29, 0.717) is 0 Å². The van der Waals surface area contributed by atoms with Crippen molar-refractivity contribution in [2.24, 2.45) is 0 Å². The Morgan fingerprint density at radius 1 is 1.00 bits per heavy atom. The van der Waals surface area contributed by atoms with Crippen molar-refractivity contribution in [3.05, 3.63) is 0 Å². The number of hydrogen-bond acceptors (Lipinski definition) is 4. The fourth-order valence-electron chi connectivity index (χ4n) is 2.18. The molecule has 0 spiro atoms. The minimum absolute atomic E-state index is 0.0516. The summed E-state index contributed by atoms with van der Waals surface area (Å²) in [6.45, 7) is 5.43. The van der Waals surface area contributed by atoms with Gasteiger partial charge in [-0.2, -0.15) is 0 Å². The van der Waals surface area contributed by atoms with E-state index in [1.54, 1.807) is 20.9 Å². The van der Waals surface area contributed by atoms with Crippen molar-refractivity contribution in [1.29, 1.82) is 0 Å². The minimum Gasteiger partial charge on any atom is -0.480 e. The Bertz CT molecular complexity index is 314. The van der Waals surface area contributed by atoms with E-state index in [1.165, 1.54) is 19.3 Å². The quantitative estimate of drug-likeness (QED) is 0.611. The molecule has 4 N–H and O–H groups in total. The molecule has 6 nitrogen and oxygen atoms in total. The lowest BCUT2D eigenvalue weighted by Crippen LogP contribution is -2.50. The van der Waals surface area contributed by atoms with Crippen LogP contribution in [-0.4, -0.2) is 46.8 Å². The predicted molar refractivity (Wildman–Crippen MR) is 77.9 cm³/mol. The van der Waals surface area contributed by atoms with Crippen molar-refractivity contribution < 1.29 is 19.8 Å². The number of likely N-dealkylation sites (N-methyl/N-ethyl adjacent to an activating group) is 1. The van der Waals surface area contributed by atoms with Crippen LogP contribution >= 0.6 is 0 Å². The Balaban J connectivity index is 0.000000441. The van der Waals surface area contributed by atoms with Crippen LogP contribution in [0, 0.1) is 0 Å². The maximum absolute atomic E-state index is 10.7. The fourth-order valence-corrected chi connectivity index (χ4v) is 2.18. The zero-order valence-corrected chi connectivity index (χ0v) is 12.9. The zero-order chi connectivity index (χ0) is 15.8. The van der Waals surface area contributed by atoms with Crippen molar-refractivity contribution >= 4 is 11.9 Å². The summed E-state index contributed by atoms with van der Waals surface area (Å²) in [5.41, 5.74) is 0.0516. The topological polar surface area (TPSA) is 98.7 Å². The highest BCUT2D eigenvalue weighted by atomic mass is 16.4. The van der Waals surface area contributed by atoms with E-state index in [2.05, 4.69) is 17.6 Å². The predicted octanol–water partition coefficient (Wildman–Crippen LogP) is 1.45. The zero-order valence-electron chi connectivity index (χ0n) is 12.9. The van der Waals surface area contributed by atoms with Crippen molar-refractivity contribution in [3.8, 4) is 0 Å². The molecule has 1 fully saturated rings. The number of aliphatic carboxylic acids is 2. The van der Waals surface area contributed by atoms with Crippen molar-refractivity contribution in [3.63, 3.8) is 0 Å². The lowest BCUT2D eigenvalue weighted by Gasteiger charge is -2.36. The Hall–Kier alpha value is -1.14. The molecular weight excluding hydrogens is 260 g/mol. The van der Waals surface area contributed by atoms with Crippen LogP contribution in [0.1, 0.15) is 52.9 Å². The van der Waals surface area contributed by atoms with E-state index < -0.39 is 24.0 Å². The van der Waals surface area contributed by atoms with Crippen LogP contribution in [0.15, 0.2) is 0 Å². The molecule has 0 heterocycles. The number of carboxylic acids is 2. The number of hydrogen-bond donors (Lipinski definition) is 4. The molecule has 6 heteroatoms. The van der Waals surface area contributed by atoms with Gasteiger partial charge in [0.25, 0.3) is 0 Å². The van der Waals surface area contributed by atoms with Gasteiger partial charge in [-0.05, 0) is 40.7 Å². The summed E-state index contributed by atoms with van der Waals surface area (Å²) in [6, 6.07) is -0.858. The molecule has 1 aliphatic carbocycles. The summed E-state index contributed by atoms with van der Waals surface area (Å²) in [4.78, 5) is 20.5. The van der Waals surface area contributed by atoms with Crippen LogP contribution in [0.3, 0.4) is 0 Å². The lowest BCUT2D eigenvalue weighted by molar-refractivity contribution is -0.140. The maximum atomic E-state index is 10.7. The van der Waals surface area contributed by atoms with Crippen LogP contribution in [0.5, 0.6) is 0 Å². The van der Waals surface area contributed by atoms with E-state index in [1.807, 2.05) is 0 Å². The first-order valence-electron chi connectivity index (χ1n) is 7.12. The van der Waals surface area contributed by atoms with Gasteiger partial charge < -0.3 is 15.5 Å². The minimum atomic E-state index is -0.817. The highest BCUT2D eigenvalue weighted by Gasteiger charge is 2.29. The van der Waals surface area contributed by atoms with Crippen LogP contribution in [0.4, 0.5) is 0 Å². The second kappa shape index (κ2) is 8.92. The molecule has 0 saturated heterocycles. The van der Waals surface area contributed by atoms with Gasteiger partial charge in [-0.15, -0.1) is 0 Å². The number of nitrogens with one attached hydrogen (secondary N) is 2. The molecule has 118 valence electrons. The Morgan fingerprint density at radius 2 is 1.45 bits per heavy atom. The molecule has 1 saturated carbocycles. The van der Waals surface area contributed by atoms with Crippen molar-refractivity contribution in [1.82, 2.24) is 10.6 Å². The van der Waals surface area contributed by atoms with Crippen molar-refractivity contribution in [2.45, 2.75) is 70.5 Å². The Labute approximate surface area is 120 Å². The number of carbonyl (C=O) groups is 2. The van der Waals surface area contributed by atoms with Crippen LogP contribution in [-0.2, 0) is 9.59 Å². The molecule has 0 radical (unpaired) electrons. The van der Waals surface area contributed by atoms with Gasteiger partial charge >= 0.3 is 11.9 Å². The molecule has 0 aliphatic heterocycles. The summed E-state index contributed by atoms with van der Waals surface area (Å²) < 4.78 is 0. The summed E-state index contributed by atoms with van der Waals surface area (Å²) >= 11 is 0. The van der Waals surface area contributed by atoms with Gasteiger partial charge in [0.15, 0.2) is 0 Å². The molecule has 0 aromatic carbocycles. The normalized spacial score (nSPS) is 20.2. The third kappa shape index (κ3) is 7.45. The molecule has 1 rings (SSSR count). The molecule has 1 aliphatic rings. The monoisotopic (exact) mass is 288 g/mol. The first-order chi connectivity index (χ1) is 9.22. The standard InChI is InChI=1S/C10H19NO2.C4H9NO2/c1-8(9(12)13)11-10(2)6-4-3-5-7-10;1-3(5-2)4(6)7/h8,11H,3-7H2,1-2H3,(H,12,13);3,5H,1-2H3,(H,6,7)/t8-;3-/m00/s1. The lowest BCUT2D eigenvalue weighted by atomic mass is 9.83. The van der Waals surface area contributed by atoms with Gasteiger partial charge in [0.05, 0.1) is 0 Å². The first-order valence-corrected chi connectivity index (χ1v) is 7.12. The number of carboxylic acid groups (broad SMARTS) is 2. The van der Waals surface area contributed by atoms with Crippen molar-refractivity contribution in [2.75, 3.05) is 7.05 Å². The van der Waals surface area contributed by atoms with Gasteiger partial charge in [0.1, 0.15) is 12.1 Å². The number of rotatable bonds is 5. The fraction of sp³-hybridized carbons (Fsp3) is 0.857. The average Bonchev–Trinajstić information content (AvgIpc) is 2.38. The largest absolute Gasteiger partial charge is 0.480 e. The third-order valence-corrected chi connectivity index (χ3v) is 3.70. The second-order valence-electron chi connectivity index (χ2n) is 5.67. The van der Waals surface area contributed by atoms with Gasteiger partial charge in [-0.1, -0.05) is 19.3 Å². The van der Waals surface area contributed by atoms with Crippen LogP contribution < -0.4 is 10.6 Å². The summed E-state index contributed by atoms with van der Waals surface area (Å²) in [7, 11) is 1.61. The summed E-state index contributed by atoms with van der Waals surface area (Å²) in [5, 5.41) is 22.6. The summed E-state index contributed by atoms with van der Waals surface area (Å²) in [5.74, 6) is -1.57. The van der Waals surface area contributed by atoms with E-state index >= 15 is 0 Å². The SMILES string of the molecule is CN[C@@H](C)C(=O)O.C[C@H](NC1(C)CCCCC1)C(=O)O. The molecule has 2 atom stereocenters. The molecule has 0 aromatic heterocycles. The molecule has 0 aromatic rings. The smallest absolute Gasteiger partial charge is 0.320 e. The summed E-state index contributed by atoms with van der Waals surface area (Å²) in [6.07, 6.45) is 5.93. The maximum Gasteiger partial charge on any atom is 0.320 e. The van der Waals surface area contributed by atoms with E-state index in [4.69, 9.17) is 10.2 Å². The second-order valence-corrected chi connectivity index (χ2v) is 5.67. The van der Waals surface area contributed by atoms with Gasteiger partial charge in [-0.25, -0.2) is 0 Å². The van der Waals surface area contributed by atoms with Gasteiger partial charge in [0.2, 0.25) is 0 Å². The highest BCUT2D eigenvalue weighted by Crippen LogP contribution is 2.27. The van der Waals surface area contributed by atoms with E-state index in [9.17, 15) is 9.59 Å². The third-order valence-electron chi connectivity index (χ3n) is 3.70. The molecular formula is C14H28N2O4. The van der Waals surface area contributed by atoms with Gasteiger partial charge in [-0.3, -0.25) is 14.9 Å². The van der Waals surface area contributed by atoms with Crippen LogP contribution in [0.2, 0.25) is 0 Å². The Morgan fingerprint density at radius 3 is 1.75 bits per heavy atom. The van der Waals surface area contributed by atoms with E-state index in [0.717, 1.165) is 12.8 Å². The molecule has 0 unspecified atom stereocenters. The van der Waals surface area contributed by atoms with Gasteiger partial charge in [0, 0.05) is 5.54 Å². The molecule has 0 amide bonds. The highest BCUT2D eigenvalue weighted by molar-refractivity contribution is 5.73. The molecule has 0 bridgehead atoms.